The maximum absolute atomic E-state index is 5.59. The molecule has 0 bridgehead atoms. The van der Waals surface area contributed by atoms with Gasteiger partial charge in [0.2, 0.25) is 0 Å². The predicted octanol–water partition coefficient (Wildman–Crippen LogP) is 4.03. The van der Waals surface area contributed by atoms with Crippen LogP contribution in [-0.2, 0) is 5.41 Å². The monoisotopic (exact) mass is 261 g/mol. The standard InChI is InChI=1S/C17H27NO/c1-7-8-18-14-10-17(4,5)13-9-11(2)16(19-6)12(3)15(13)14/h9,14,18H,7-8,10H2,1-6H3. The van der Waals surface area contributed by atoms with Crippen molar-refractivity contribution in [2.24, 2.45) is 0 Å². The van der Waals surface area contributed by atoms with Gasteiger partial charge in [-0.3, -0.25) is 0 Å². The number of benzene rings is 1. The van der Waals surface area contributed by atoms with Crippen LogP contribution in [0.3, 0.4) is 0 Å². The van der Waals surface area contributed by atoms with Crippen molar-refractivity contribution in [2.75, 3.05) is 13.7 Å². The second-order valence-electron chi connectivity index (χ2n) is 6.41. The summed E-state index contributed by atoms with van der Waals surface area (Å²) in [7, 11) is 1.77. The molecule has 106 valence electrons. The van der Waals surface area contributed by atoms with Crippen molar-refractivity contribution in [2.45, 2.75) is 58.9 Å². The summed E-state index contributed by atoms with van der Waals surface area (Å²) in [6, 6.07) is 2.80. The van der Waals surface area contributed by atoms with E-state index in [1.807, 2.05) is 0 Å². The van der Waals surface area contributed by atoms with Gasteiger partial charge in [-0.05, 0) is 60.9 Å². The Morgan fingerprint density at radius 3 is 2.63 bits per heavy atom. The molecule has 0 aliphatic heterocycles. The third kappa shape index (κ3) is 2.38. The molecule has 1 unspecified atom stereocenters. The second-order valence-corrected chi connectivity index (χ2v) is 6.41. The average Bonchev–Trinajstić information content (AvgIpc) is 2.59. The third-order valence-corrected chi connectivity index (χ3v) is 4.39. The molecule has 0 aromatic heterocycles. The largest absolute Gasteiger partial charge is 0.496 e. The topological polar surface area (TPSA) is 21.3 Å². The first-order valence-electron chi connectivity index (χ1n) is 7.34. The number of fused-ring (bicyclic) bond motifs is 1. The molecular formula is C17H27NO. The molecule has 1 aromatic carbocycles. The van der Waals surface area contributed by atoms with E-state index in [1.165, 1.54) is 35.1 Å². The first kappa shape index (κ1) is 14.4. The van der Waals surface area contributed by atoms with Gasteiger partial charge >= 0.3 is 0 Å². The zero-order valence-electron chi connectivity index (χ0n) is 13.2. The highest BCUT2D eigenvalue weighted by Crippen LogP contribution is 2.48. The highest BCUT2D eigenvalue weighted by Gasteiger charge is 2.38. The summed E-state index contributed by atoms with van der Waals surface area (Å²) in [5.74, 6) is 1.06. The summed E-state index contributed by atoms with van der Waals surface area (Å²) in [6.45, 7) is 12.4. The van der Waals surface area contributed by atoms with Crippen molar-refractivity contribution >= 4 is 0 Å². The van der Waals surface area contributed by atoms with Gasteiger partial charge in [0.1, 0.15) is 5.75 Å². The van der Waals surface area contributed by atoms with E-state index in [0.29, 0.717) is 6.04 Å². The van der Waals surface area contributed by atoms with Crippen LogP contribution in [0.15, 0.2) is 6.07 Å². The predicted molar refractivity (Wildman–Crippen MR) is 81.1 cm³/mol. The van der Waals surface area contributed by atoms with Crippen LogP contribution >= 0.6 is 0 Å². The molecular weight excluding hydrogens is 234 g/mol. The summed E-state index contributed by atoms with van der Waals surface area (Å²) in [5, 5.41) is 3.70. The van der Waals surface area contributed by atoms with Crippen molar-refractivity contribution in [3.63, 3.8) is 0 Å². The molecule has 0 fully saturated rings. The van der Waals surface area contributed by atoms with Crippen LogP contribution in [0.1, 0.15) is 61.9 Å². The molecule has 0 spiro atoms. The molecule has 0 radical (unpaired) electrons. The van der Waals surface area contributed by atoms with E-state index in [1.54, 1.807) is 7.11 Å². The molecule has 0 saturated heterocycles. The van der Waals surface area contributed by atoms with Gasteiger partial charge < -0.3 is 10.1 Å². The van der Waals surface area contributed by atoms with Crippen LogP contribution in [0.4, 0.5) is 0 Å². The lowest BCUT2D eigenvalue weighted by atomic mass is 9.85. The maximum Gasteiger partial charge on any atom is 0.125 e. The Balaban J connectivity index is 2.52. The average molecular weight is 261 g/mol. The van der Waals surface area contributed by atoms with Crippen LogP contribution in [-0.4, -0.2) is 13.7 Å². The number of aryl methyl sites for hydroxylation is 1. The summed E-state index contributed by atoms with van der Waals surface area (Å²) >= 11 is 0. The quantitative estimate of drug-likeness (QED) is 0.883. The minimum atomic E-state index is 0.253. The number of methoxy groups -OCH3 is 1. The van der Waals surface area contributed by atoms with Gasteiger partial charge in [0.15, 0.2) is 0 Å². The molecule has 0 amide bonds. The summed E-state index contributed by atoms with van der Waals surface area (Å²) in [6.07, 6.45) is 2.35. The van der Waals surface area contributed by atoms with E-state index in [4.69, 9.17) is 4.74 Å². The molecule has 0 saturated carbocycles. The molecule has 1 aliphatic rings. The second kappa shape index (κ2) is 5.16. The molecule has 1 N–H and O–H groups in total. The molecule has 1 aromatic rings. The minimum Gasteiger partial charge on any atom is -0.496 e. The Morgan fingerprint density at radius 1 is 1.37 bits per heavy atom. The number of hydrogen-bond donors (Lipinski definition) is 1. The van der Waals surface area contributed by atoms with Crippen molar-refractivity contribution < 1.29 is 4.74 Å². The fourth-order valence-corrected chi connectivity index (χ4v) is 3.52. The fourth-order valence-electron chi connectivity index (χ4n) is 3.52. The highest BCUT2D eigenvalue weighted by molar-refractivity contribution is 5.55. The first-order chi connectivity index (χ1) is 8.92. The summed E-state index contributed by atoms with van der Waals surface area (Å²) in [5.41, 5.74) is 5.79. The zero-order chi connectivity index (χ0) is 14.2. The van der Waals surface area contributed by atoms with Gasteiger partial charge in [-0.2, -0.15) is 0 Å². The molecule has 19 heavy (non-hydrogen) atoms. The van der Waals surface area contributed by atoms with Gasteiger partial charge in [0, 0.05) is 6.04 Å². The van der Waals surface area contributed by atoms with Crippen LogP contribution in [0.5, 0.6) is 5.75 Å². The maximum atomic E-state index is 5.59. The first-order valence-corrected chi connectivity index (χ1v) is 7.34. The Bertz CT molecular complexity index is 477. The van der Waals surface area contributed by atoms with Gasteiger partial charge in [0.05, 0.1) is 7.11 Å². The molecule has 2 rings (SSSR count). The van der Waals surface area contributed by atoms with E-state index < -0.39 is 0 Å². The smallest absolute Gasteiger partial charge is 0.125 e. The Hall–Kier alpha value is -1.02. The fraction of sp³-hybridized carbons (Fsp3) is 0.647. The lowest BCUT2D eigenvalue weighted by Crippen LogP contribution is -2.22. The van der Waals surface area contributed by atoms with E-state index in [2.05, 4.69) is 46.0 Å². The van der Waals surface area contributed by atoms with Crippen LogP contribution < -0.4 is 10.1 Å². The van der Waals surface area contributed by atoms with E-state index in [-0.39, 0.29) is 5.41 Å². The summed E-state index contributed by atoms with van der Waals surface area (Å²) < 4.78 is 5.59. The number of hydrogen-bond acceptors (Lipinski definition) is 2. The van der Waals surface area contributed by atoms with E-state index >= 15 is 0 Å². The number of nitrogens with one attached hydrogen (secondary N) is 1. The molecule has 1 aliphatic carbocycles. The molecule has 2 nitrogen and oxygen atoms in total. The van der Waals surface area contributed by atoms with Gasteiger partial charge in [-0.1, -0.05) is 26.8 Å². The lowest BCUT2D eigenvalue weighted by Gasteiger charge is -2.21. The number of ether oxygens (including phenoxy) is 1. The summed E-state index contributed by atoms with van der Waals surface area (Å²) in [4.78, 5) is 0. The third-order valence-electron chi connectivity index (χ3n) is 4.39. The van der Waals surface area contributed by atoms with Crippen LogP contribution in [0.25, 0.3) is 0 Å². The zero-order valence-corrected chi connectivity index (χ0v) is 13.2. The van der Waals surface area contributed by atoms with E-state index in [0.717, 1.165) is 12.3 Å². The van der Waals surface area contributed by atoms with Crippen molar-refractivity contribution in [3.05, 3.63) is 28.3 Å². The Labute approximate surface area is 117 Å². The van der Waals surface area contributed by atoms with Gasteiger partial charge in [-0.25, -0.2) is 0 Å². The van der Waals surface area contributed by atoms with E-state index in [9.17, 15) is 0 Å². The van der Waals surface area contributed by atoms with Gasteiger partial charge in [-0.15, -0.1) is 0 Å². The normalized spacial score (nSPS) is 20.4. The van der Waals surface area contributed by atoms with Crippen molar-refractivity contribution in [1.29, 1.82) is 0 Å². The Kier molecular flexibility index (Phi) is 3.91. The van der Waals surface area contributed by atoms with Gasteiger partial charge in [0.25, 0.3) is 0 Å². The van der Waals surface area contributed by atoms with Crippen LogP contribution in [0.2, 0.25) is 0 Å². The van der Waals surface area contributed by atoms with Crippen molar-refractivity contribution in [1.82, 2.24) is 5.32 Å². The Morgan fingerprint density at radius 2 is 2.05 bits per heavy atom. The number of rotatable bonds is 4. The molecule has 1 atom stereocenters. The molecule has 0 heterocycles. The molecule has 2 heteroatoms. The SMILES string of the molecule is CCCNC1CC(C)(C)c2cc(C)c(OC)c(C)c21. The van der Waals surface area contributed by atoms with Crippen LogP contribution in [0, 0.1) is 13.8 Å². The lowest BCUT2D eigenvalue weighted by molar-refractivity contribution is 0.406. The van der Waals surface area contributed by atoms with Crippen molar-refractivity contribution in [3.8, 4) is 5.75 Å². The highest BCUT2D eigenvalue weighted by atomic mass is 16.5. The minimum absolute atomic E-state index is 0.253.